The topological polar surface area (TPSA) is 75.4 Å². The number of benzene rings is 1. The number of carbonyl (C=O) groups excluding carboxylic acids is 2. The van der Waals surface area contributed by atoms with Gasteiger partial charge in [-0.25, -0.2) is 4.39 Å². The van der Waals surface area contributed by atoms with E-state index in [0.717, 1.165) is 0 Å². The molecule has 1 aromatic rings. The summed E-state index contributed by atoms with van der Waals surface area (Å²) in [5.41, 5.74) is 6.20. The minimum atomic E-state index is -0.427. The van der Waals surface area contributed by atoms with Gasteiger partial charge in [0.05, 0.1) is 13.1 Å². The minimum absolute atomic E-state index is 0.0928. The van der Waals surface area contributed by atoms with Crippen LogP contribution in [0.2, 0.25) is 0 Å². The number of nitrogens with two attached hydrogens (primary N) is 1. The summed E-state index contributed by atoms with van der Waals surface area (Å²) < 4.78 is 13.5. The Bertz CT molecular complexity index is 460. The van der Waals surface area contributed by atoms with Gasteiger partial charge in [0, 0.05) is 17.8 Å². The average molecular weight is 237 g/mol. The zero-order chi connectivity index (χ0) is 12.4. The third kappa shape index (κ3) is 2.79. The minimum Gasteiger partial charge on any atom is -0.399 e. The van der Waals surface area contributed by atoms with Crippen molar-refractivity contribution in [3.8, 4) is 0 Å². The smallest absolute Gasteiger partial charge is 0.240 e. The number of nitrogens with one attached hydrogen (secondary N) is 1. The van der Waals surface area contributed by atoms with E-state index in [4.69, 9.17) is 5.73 Å². The number of nitrogen functional groups attached to an aromatic ring is 1. The van der Waals surface area contributed by atoms with E-state index in [1.54, 1.807) is 17.0 Å². The van der Waals surface area contributed by atoms with Crippen LogP contribution >= 0.6 is 0 Å². The molecule has 1 aliphatic heterocycles. The predicted molar refractivity (Wildman–Crippen MR) is 59.2 cm³/mol. The monoisotopic (exact) mass is 237 g/mol. The summed E-state index contributed by atoms with van der Waals surface area (Å²) >= 11 is 0. The van der Waals surface area contributed by atoms with Gasteiger partial charge in [-0.1, -0.05) is 6.07 Å². The van der Waals surface area contributed by atoms with Gasteiger partial charge in [0.15, 0.2) is 0 Å². The Morgan fingerprint density at radius 3 is 2.53 bits per heavy atom. The molecular formula is C11H12FN3O2. The van der Waals surface area contributed by atoms with Crippen LogP contribution in [-0.4, -0.2) is 29.8 Å². The molecule has 0 saturated carbocycles. The molecule has 0 bridgehead atoms. The third-order valence-corrected chi connectivity index (χ3v) is 2.48. The molecule has 0 aromatic heterocycles. The van der Waals surface area contributed by atoms with Gasteiger partial charge in [0.1, 0.15) is 5.82 Å². The van der Waals surface area contributed by atoms with Crippen LogP contribution in [0.4, 0.5) is 10.1 Å². The lowest BCUT2D eigenvalue weighted by molar-refractivity contribution is -0.136. The standard InChI is InChI=1S/C11H12FN3O2/c12-9-3-8(13)2-1-7(9)4-15-5-10(16)14-11(17)6-15/h1-3H,4-6,13H2,(H,14,16,17). The van der Waals surface area contributed by atoms with Crippen molar-refractivity contribution >= 4 is 17.5 Å². The van der Waals surface area contributed by atoms with E-state index in [0.29, 0.717) is 11.3 Å². The van der Waals surface area contributed by atoms with Crippen molar-refractivity contribution in [2.45, 2.75) is 6.54 Å². The molecule has 5 nitrogen and oxygen atoms in total. The fraction of sp³-hybridized carbons (Fsp3) is 0.273. The Balaban J connectivity index is 2.10. The molecule has 2 amide bonds. The number of hydrogen-bond donors (Lipinski definition) is 2. The number of amides is 2. The van der Waals surface area contributed by atoms with Gasteiger partial charge in [-0.05, 0) is 12.1 Å². The average Bonchev–Trinajstić information content (AvgIpc) is 2.21. The summed E-state index contributed by atoms with van der Waals surface area (Å²) in [5, 5.41) is 2.19. The van der Waals surface area contributed by atoms with Crippen LogP contribution < -0.4 is 11.1 Å². The Morgan fingerprint density at radius 2 is 1.94 bits per heavy atom. The van der Waals surface area contributed by atoms with Crippen molar-refractivity contribution in [2.75, 3.05) is 18.8 Å². The quantitative estimate of drug-likeness (QED) is 0.555. The highest BCUT2D eigenvalue weighted by molar-refractivity contribution is 5.99. The molecule has 1 aliphatic rings. The fourth-order valence-electron chi connectivity index (χ4n) is 1.74. The first-order valence-corrected chi connectivity index (χ1v) is 5.13. The number of imide groups is 1. The van der Waals surface area contributed by atoms with Crippen LogP contribution in [-0.2, 0) is 16.1 Å². The molecule has 0 radical (unpaired) electrons. The number of piperazine rings is 1. The van der Waals surface area contributed by atoms with Crippen LogP contribution in [0.3, 0.4) is 0 Å². The van der Waals surface area contributed by atoms with Gasteiger partial charge < -0.3 is 5.73 Å². The SMILES string of the molecule is Nc1ccc(CN2CC(=O)NC(=O)C2)c(F)c1. The summed E-state index contributed by atoms with van der Waals surface area (Å²) in [7, 11) is 0. The molecule has 90 valence electrons. The molecule has 1 saturated heterocycles. The first kappa shape index (κ1) is 11.5. The third-order valence-electron chi connectivity index (χ3n) is 2.48. The molecule has 0 spiro atoms. The van der Waals surface area contributed by atoms with Gasteiger partial charge in [-0.2, -0.15) is 0 Å². The number of hydrogen-bond acceptors (Lipinski definition) is 4. The zero-order valence-electron chi connectivity index (χ0n) is 9.07. The van der Waals surface area contributed by atoms with E-state index >= 15 is 0 Å². The normalized spacial score (nSPS) is 17.0. The second kappa shape index (κ2) is 4.50. The fourth-order valence-corrected chi connectivity index (χ4v) is 1.74. The van der Waals surface area contributed by atoms with Gasteiger partial charge in [-0.15, -0.1) is 0 Å². The summed E-state index contributed by atoms with van der Waals surface area (Å²) in [6.45, 7) is 0.399. The van der Waals surface area contributed by atoms with E-state index in [2.05, 4.69) is 5.32 Å². The summed E-state index contributed by atoms with van der Waals surface area (Å²) in [6, 6.07) is 4.37. The number of rotatable bonds is 2. The molecular weight excluding hydrogens is 225 g/mol. The second-order valence-corrected chi connectivity index (χ2v) is 3.97. The van der Waals surface area contributed by atoms with Gasteiger partial charge in [0.2, 0.25) is 11.8 Å². The van der Waals surface area contributed by atoms with E-state index in [1.165, 1.54) is 6.07 Å². The van der Waals surface area contributed by atoms with E-state index < -0.39 is 5.82 Å². The highest BCUT2D eigenvalue weighted by atomic mass is 19.1. The Morgan fingerprint density at radius 1 is 1.29 bits per heavy atom. The molecule has 2 rings (SSSR count). The van der Waals surface area contributed by atoms with Crippen molar-refractivity contribution in [1.29, 1.82) is 0 Å². The number of carbonyl (C=O) groups is 2. The highest BCUT2D eigenvalue weighted by Gasteiger charge is 2.22. The molecule has 1 aromatic carbocycles. The molecule has 0 atom stereocenters. The molecule has 0 unspecified atom stereocenters. The van der Waals surface area contributed by atoms with Crippen LogP contribution in [0.15, 0.2) is 18.2 Å². The van der Waals surface area contributed by atoms with Crippen molar-refractivity contribution in [3.63, 3.8) is 0 Å². The van der Waals surface area contributed by atoms with E-state index in [9.17, 15) is 14.0 Å². The number of halogens is 1. The van der Waals surface area contributed by atoms with Gasteiger partial charge >= 0.3 is 0 Å². The van der Waals surface area contributed by atoms with Crippen LogP contribution in [0.25, 0.3) is 0 Å². The van der Waals surface area contributed by atoms with E-state index in [1.807, 2.05) is 0 Å². The largest absolute Gasteiger partial charge is 0.399 e. The van der Waals surface area contributed by atoms with Gasteiger partial charge in [0.25, 0.3) is 0 Å². The van der Waals surface area contributed by atoms with Crippen LogP contribution in [0.5, 0.6) is 0 Å². The molecule has 1 fully saturated rings. The maximum Gasteiger partial charge on any atom is 0.240 e. The highest BCUT2D eigenvalue weighted by Crippen LogP contribution is 2.14. The molecule has 0 aliphatic carbocycles. The number of anilines is 1. The predicted octanol–water partition coefficient (Wildman–Crippen LogP) is -0.134. The van der Waals surface area contributed by atoms with Crippen LogP contribution in [0, 0.1) is 5.82 Å². The molecule has 3 N–H and O–H groups in total. The Kier molecular flexibility index (Phi) is 3.06. The Labute approximate surface area is 97.4 Å². The van der Waals surface area contributed by atoms with E-state index in [-0.39, 0.29) is 31.4 Å². The number of nitrogens with zero attached hydrogens (tertiary/aromatic N) is 1. The summed E-state index contributed by atoms with van der Waals surface area (Å²) in [6.07, 6.45) is 0. The maximum absolute atomic E-state index is 13.5. The molecule has 1 heterocycles. The lowest BCUT2D eigenvalue weighted by atomic mass is 10.1. The molecule has 6 heteroatoms. The van der Waals surface area contributed by atoms with Crippen molar-refractivity contribution < 1.29 is 14.0 Å². The van der Waals surface area contributed by atoms with Crippen LogP contribution in [0.1, 0.15) is 5.56 Å². The second-order valence-electron chi connectivity index (χ2n) is 3.97. The lowest BCUT2D eigenvalue weighted by Crippen LogP contribution is -2.50. The first-order chi connectivity index (χ1) is 8.04. The summed E-state index contributed by atoms with van der Waals surface area (Å²) in [5.74, 6) is -1.15. The van der Waals surface area contributed by atoms with Crippen molar-refractivity contribution in [1.82, 2.24) is 10.2 Å². The molecule has 17 heavy (non-hydrogen) atoms. The van der Waals surface area contributed by atoms with Crippen molar-refractivity contribution in [3.05, 3.63) is 29.6 Å². The van der Waals surface area contributed by atoms with Gasteiger partial charge in [-0.3, -0.25) is 19.8 Å². The summed E-state index contributed by atoms with van der Waals surface area (Å²) in [4.78, 5) is 23.8. The van der Waals surface area contributed by atoms with Crippen molar-refractivity contribution in [2.24, 2.45) is 0 Å². The zero-order valence-corrected chi connectivity index (χ0v) is 9.07. The Hall–Kier alpha value is -1.95. The lowest BCUT2D eigenvalue weighted by Gasteiger charge is -2.25. The first-order valence-electron chi connectivity index (χ1n) is 5.13. The maximum atomic E-state index is 13.5.